The van der Waals surface area contributed by atoms with Crippen LogP contribution in [0.25, 0.3) is 0 Å². The van der Waals surface area contributed by atoms with Gasteiger partial charge in [0.25, 0.3) is 5.91 Å². The lowest BCUT2D eigenvalue weighted by atomic mass is 10.2. The van der Waals surface area contributed by atoms with Gasteiger partial charge in [-0.3, -0.25) is 4.79 Å². The van der Waals surface area contributed by atoms with E-state index in [1.807, 2.05) is 0 Å². The summed E-state index contributed by atoms with van der Waals surface area (Å²) in [6, 6.07) is 8.71. The maximum Gasteiger partial charge on any atom is 0.573 e. The maximum absolute atomic E-state index is 12.3. The lowest BCUT2D eigenvalue weighted by Gasteiger charge is -2.13. The van der Waals surface area contributed by atoms with Gasteiger partial charge in [0.15, 0.2) is 5.76 Å². The Labute approximate surface area is 118 Å². The van der Waals surface area contributed by atoms with Gasteiger partial charge in [0.1, 0.15) is 11.5 Å². The van der Waals surface area contributed by atoms with Gasteiger partial charge in [-0.05, 0) is 25.1 Å². The molecule has 0 saturated heterocycles. The average molecular weight is 299 g/mol. The van der Waals surface area contributed by atoms with E-state index < -0.39 is 12.3 Å². The van der Waals surface area contributed by atoms with Crippen LogP contribution >= 0.6 is 0 Å². The van der Waals surface area contributed by atoms with E-state index in [2.05, 4.69) is 10.1 Å². The van der Waals surface area contributed by atoms with Crippen molar-refractivity contribution in [3.63, 3.8) is 0 Å². The van der Waals surface area contributed by atoms with Crippen LogP contribution in [-0.4, -0.2) is 12.3 Å². The van der Waals surface area contributed by atoms with Crippen LogP contribution < -0.4 is 10.1 Å². The van der Waals surface area contributed by atoms with E-state index in [-0.39, 0.29) is 23.6 Å². The number of rotatable bonds is 4. The number of nitrogens with one attached hydrogen (secondary N) is 1. The van der Waals surface area contributed by atoms with Crippen molar-refractivity contribution in [3.8, 4) is 5.75 Å². The van der Waals surface area contributed by atoms with Gasteiger partial charge in [-0.15, -0.1) is 13.2 Å². The molecule has 1 heterocycles. The van der Waals surface area contributed by atoms with Crippen molar-refractivity contribution in [1.29, 1.82) is 0 Å². The first-order chi connectivity index (χ1) is 9.85. The van der Waals surface area contributed by atoms with Gasteiger partial charge in [0.2, 0.25) is 0 Å². The van der Waals surface area contributed by atoms with Crippen LogP contribution in [0.3, 0.4) is 0 Å². The molecular weight excluding hydrogens is 287 g/mol. The Morgan fingerprint density at radius 3 is 2.57 bits per heavy atom. The number of ether oxygens (including phenoxy) is 1. The van der Waals surface area contributed by atoms with Crippen LogP contribution in [0.1, 0.15) is 21.9 Å². The second kappa shape index (κ2) is 5.90. The smallest absolute Gasteiger partial charge is 0.456 e. The lowest BCUT2D eigenvalue weighted by Crippen LogP contribution is -2.24. The van der Waals surface area contributed by atoms with Crippen molar-refractivity contribution in [2.45, 2.75) is 19.8 Å². The van der Waals surface area contributed by atoms with E-state index in [0.717, 1.165) is 0 Å². The summed E-state index contributed by atoms with van der Waals surface area (Å²) in [4.78, 5) is 11.8. The Morgan fingerprint density at radius 2 is 1.95 bits per heavy atom. The number of amides is 1. The summed E-state index contributed by atoms with van der Waals surface area (Å²) in [6.45, 7) is 1.58. The van der Waals surface area contributed by atoms with Gasteiger partial charge in [0, 0.05) is 12.1 Å². The molecule has 7 heteroatoms. The minimum Gasteiger partial charge on any atom is -0.456 e. The molecule has 1 aromatic heterocycles. The van der Waals surface area contributed by atoms with Crippen LogP contribution in [0.5, 0.6) is 5.75 Å². The summed E-state index contributed by atoms with van der Waals surface area (Å²) in [5, 5.41) is 2.47. The molecule has 2 aromatic rings. The number of hydrogen-bond acceptors (Lipinski definition) is 3. The second-order valence-corrected chi connectivity index (χ2v) is 4.25. The van der Waals surface area contributed by atoms with Gasteiger partial charge < -0.3 is 14.5 Å². The Morgan fingerprint density at radius 1 is 1.24 bits per heavy atom. The minimum absolute atomic E-state index is 0.0988. The number of benzene rings is 1. The van der Waals surface area contributed by atoms with Crippen molar-refractivity contribution < 1.29 is 27.1 Å². The van der Waals surface area contributed by atoms with Gasteiger partial charge in [0.05, 0.1) is 0 Å². The third-order valence-electron chi connectivity index (χ3n) is 2.60. The predicted octanol–water partition coefficient (Wildman–Crippen LogP) is 3.42. The minimum atomic E-state index is -4.78. The first kappa shape index (κ1) is 15.0. The topological polar surface area (TPSA) is 51.5 Å². The van der Waals surface area contributed by atoms with Crippen molar-refractivity contribution in [3.05, 3.63) is 53.5 Å². The highest BCUT2D eigenvalue weighted by Crippen LogP contribution is 2.26. The largest absolute Gasteiger partial charge is 0.573 e. The molecule has 0 unspecified atom stereocenters. The highest BCUT2D eigenvalue weighted by Gasteiger charge is 2.32. The van der Waals surface area contributed by atoms with Crippen LogP contribution in [0, 0.1) is 6.92 Å². The Bertz CT molecular complexity index is 634. The molecule has 21 heavy (non-hydrogen) atoms. The van der Waals surface area contributed by atoms with Crippen LogP contribution in [0.15, 0.2) is 40.8 Å². The normalized spacial score (nSPS) is 11.2. The quantitative estimate of drug-likeness (QED) is 0.941. The Balaban J connectivity index is 2.05. The molecule has 0 spiro atoms. The molecule has 1 amide bonds. The zero-order valence-corrected chi connectivity index (χ0v) is 11.0. The van der Waals surface area contributed by atoms with E-state index in [4.69, 9.17) is 4.42 Å². The molecule has 0 fully saturated rings. The predicted molar refractivity (Wildman–Crippen MR) is 67.7 cm³/mol. The molecule has 0 bridgehead atoms. The summed E-state index contributed by atoms with van der Waals surface area (Å²) in [6.07, 6.45) is -4.78. The summed E-state index contributed by atoms with van der Waals surface area (Å²) in [5.41, 5.74) is 0.214. The number of furan rings is 1. The van der Waals surface area contributed by atoms with Gasteiger partial charge >= 0.3 is 6.36 Å². The monoisotopic (exact) mass is 299 g/mol. The van der Waals surface area contributed by atoms with Crippen molar-refractivity contribution in [2.75, 3.05) is 0 Å². The third-order valence-corrected chi connectivity index (χ3v) is 2.60. The standard InChI is InChI=1S/C14H12F3NO3/c1-9-6-7-12(20-9)13(19)18-8-10-4-2-3-5-11(10)21-14(15,16)17/h2-7H,8H2,1H3,(H,18,19). The van der Waals surface area contributed by atoms with Gasteiger partial charge in [-0.2, -0.15) is 0 Å². The molecule has 0 radical (unpaired) electrons. The number of alkyl halides is 3. The molecule has 0 aliphatic carbocycles. The number of hydrogen-bond donors (Lipinski definition) is 1. The third kappa shape index (κ3) is 4.27. The number of carbonyl (C=O) groups excluding carboxylic acids is 1. The Hall–Kier alpha value is -2.44. The van der Waals surface area contributed by atoms with Crippen LogP contribution in [0.2, 0.25) is 0 Å². The zero-order valence-electron chi connectivity index (χ0n) is 11.0. The average Bonchev–Trinajstić information content (AvgIpc) is 2.82. The van der Waals surface area contributed by atoms with E-state index in [0.29, 0.717) is 5.76 Å². The molecule has 0 aliphatic rings. The van der Waals surface area contributed by atoms with Crippen molar-refractivity contribution in [2.24, 2.45) is 0 Å². The van der Waals surface area contributed by atoms with E-state index >= 15 is 0 Å². The molecule has 0 saturated carbocycles. The first-order valence-corrected chi connectivity index (χ1v) is 6.03. The van der Waals surface area contributed by atoms with E-state index in [1.165, 1.54) is 24.3 Å². The second-order valence-electron chi connectivity index (χ2n) is 4.25. The van der Waals surface area contributed by atoms with Crippen molar-refractivity contribution >= 4 is 5.91 Å². The number of aryl methyl sites for hydroxylation is 1. The number of halogens is 3. The summed E-state index contributed by atoms with van der Waals surface area (Å²) in [7, 11) is 0. The highest BCUT2D eigenvalue weighted by molar-refractivity contribution is 5.91. The molecule has 4 nitrogen and oxygen atoms in total. The fourth-order valence-electron chi connectivity index (χ4n) is 1.69. The summed E-state index contributed by atoms with van der Waals surface area (Å²) in [5.74, 6) is -0.187. The fraction of sp³-hybridized carbons (Fsp3) is 0.214. The summed E-state index contributed by atoms with van der Waals surface area (Å²) < 4.78 is 45.8. The molecule has 1 aromatic carbocycles. The number of para-hydroxylation sites is 1. The van der Waals surface area contributed by atoms with E-state index in [9.17, 15) is 18.0 Å². The molecule has 0 aliphatic heterocycles. The molecule has 0 atom stereocenters. The lowest BCUT2D eigenvalue weighted by molar-refractivity contribution is -0.274. The fourth-order valence-corrected chi connectivity index (χ4v) is 1.69. The van der Waals surface area contributed by atoms with Gasteiger partial charge in [-0.25, -0.2) is 0 Å². The molecule has 1 N–H and O–H groups in total. The molecule has 112 valence electrons. The van der Waals surface area contributed by atoms with Gasteiger partial charge in [-0.1, -0.05) is 18.2 Å². The number of carbonyl (C=O) groups is 1. The molecular formula is C14H12F3NO3. The van der Waals surface area contributed by atoms with Crippen LogP contribution in [-0.2, 0) is 6.54 Å². The zero-order chi connectivity index (χ0) is 15.5. The Kier molecular flexibility index (Phi) is 4.21. The van der Waals surface area contributed by atoms with Crippen LogP contribution in [0.4, 0.5) is 13.2 Å². The van der Waals surface area contributed by atoms with E-state index in [1.54, 1.807) is 19.1 Å². The highest BCUT2D eigenvalue weighted by atomic mass is 19.4. The van der Waals surface area contributed by atoms with Crippen molar-refractivity contribution in [1.82, 2.24) is 5.32 Å². The molecule has 2 rings (SSSR count). The SMILES string of the molecule is Cc1ccc(C(=O)NCc2ccccc2OC(F)(F)F)o1. The maximum atomic E-state index is 12.3. The first-order valence-electron chi connectivity index (χ1n) is 6.03. The summed E-state index contributed by atoms with van der Waals surface area (Å²) >= 11 is 0.